The second-order valence-corrected chi connectivity index (χ2v) is 9.40. The van der Waals surface area contributed by atoms with Gasteiger partial charge in [-0.05, 0) is 77.6 Å². The summed E-state index contributed by atoms with van der Waals surface area (Å²) in [6.45, 7) is 6.25. The van der Waals surface area contributed by atoms with Crippen molar-refractivity contribution >= 4 is 51.4 Å². The lowest BCUT2D eigenvalue weighted by atomic mass is 9.99. The second-order valence-electron chi connectivity index (χ2n) is 7.85. The number of thiocarbonyl (C=S) groups is 1. The van der Waals surface area contributed by atoms with Crippen LogP contribution in [0.4, 0.5) is 5.69 Å². The largest absolute Gasteiger partial charge is 0.493 e. The van der Waals surface area contributed by atoms with Gasteiger partial charge in [0.2, 0.25) is 0 Å². The van der Waals surface area contributed by atoms with E-state index in [-0.39, 0.29) is 12.5 Å². The van der Waals surface area contributed by atoms with Crippen LogP contribution in [0.15, 0.2) is 36.4 Å². The van der Waals surface area contributed by atoms with E-state index in [1.54, 1.807) is 7.11 Å². The molecule has 1 aliphatic rings. The number of carbonyl (C=O) groups is 1. The molecule has 1 heterocycles. The third-order valence-electron chi connectivity index (χ3n) is 5.54. The molecule has 1 amide bonds. The zero-order chi connectivity index (χ0) is 22.4. The lowest BCUT2D eigenvalue weighted by Gasteiger charge is -2.32. The van der Waals surface area contributed by atoms with Crippen LogP contribution in [-0.2, 0) is 11.2 Å². The number of ether oxygens (including phenoxy) is 2. The number of anilines is 1. The van der Waals surface area contributed by atoms with Gasteiger partial charge < -0.3 is 19.7 Å². The number of likely N-dealkylation sites (tertiary alicyclic amines) is 1. The Labute approximate surface area is 203 Å². The first-order chi connectivity index (χ1) is 14.9. The van der Waals surface area contributed by atoms with Crippen molar-refractivity contribution in [2.75, 3.05) is 32.1 Å². The highest BCUT2D eigenvalue weighted by Gasteiger charge is 2.21. The number of piperidine rings is 1. The molecule has 31 heavy (non-hydrogen) atoms. The van der Waals surface area contributed by atoms with Gasteiger partial charge in [0, 0.05) is 24.3 Å². The Balaban J connectivity index is 1.65. The second kappa shape index (κ2) is 11.1. The van der Waals surface area contributed by atoms with Gasteiger partial charge in [-0.15, -0.1) is 0 Å². The number of methoxy groups -OCH3 is 1. The van der Waals surface area contributed by atoms with E-state index in [0.29, 0.717) is 11.5 Å². The van der Waals surface area contributed by atoms with E-state index in [2.05, 4.69) is 46.7 Å². The number of rotatable bonds is 7. The number of amides is 1. The first-order valence-electron chi connectivity index (χ1n) is 10.6. The average molecular weight is 552 g/mol. The zero-order valence-electron chi connectivity index (χ0n) is 18.2. The van der Waals surface area contributed by atoms with Crippen molar-refractivity contribution in [3.63, 3.8) is 0 Å². The summed E-state index contributed by atoms with van der Waals surface area (Å²) >= 11 is 7.95. The van der Waals surface area contributed by atoms with Gasteiger partial charge >= 0.3 is 0 Å². The van der Waals surface area contributed by atoms with Gasteiger partial charge in [0.15, 0.2) is 18.1 Å². The summed E-state index contributed by atoms with van der Waals surface area (Å²) in [5.41, 5.74) is 2.92. The lowest BCUT2D eigenvalue weighted by Crippen LogP contribution is -2.37. The first kappa shape index (κ1) is 23.8. The quantitative estimate of drug-likeness (QED) is 0.374. The summed E-state index contributed by atoms with van der Waals surface area (Å²) in [6.07, 6.45) is 3.28. The van der Waals surface area contributed by atoms with E-state index in [1.807, 2.05) is 36.4 Å². The van der Waals surface area contributed by atoms with Crippen LogP contribution in [0.2, 0.25) is 0 Å². The van der Waals surface area contributed by atoms with Crippen molar-refractivity contribution in [3.8, 4) is 11.5 Å². The number of nitrogens with zero attached hydrogens (tertiary/aromatic N) is 1. The molecule has 0 aliphatic carbocycles. The third kappa shape index (κ3) is 6.32. The molecule has 166 valence electrons. The standard InChI is InChI=1S/C24H29IN2O3S/c1-4-17-5-7-19(8-6-17)26-22(28)15-30-23-20(25)13-18(14-21(23)29-3)24(31)27-11-9-16(2)10-12-27/h5-8,13-14,16H,4,9-12,15H2,1-3H3,(H,26,28). The highest BCUT2D eigenvalue weighted by molar-refractivity contribution is 14.1. The number of hydrogen-bond donors (Lipinski definition) is 1. The number of benzene rings is 2. The van der Waals surface area contributed by atoms with E-state index < -0.39 is 0 Å². The van der Waals surface area contributed by atoms with Gasteiger partial charge in [-0.2, -0.15) is 0 Å². The molecule has 1 N–H and O–H groups in total. The van der Waals surface area contributed by atoms with Crippen LogP contribution >= 0.6 is 34.8 Å². The van der Waals surface area contributed by atoms with Crippen LogP contribution < -0.4 is 14.8 Å². The Morgan fingerprint density at radius 2 is 1.90 bits per heavy atom. The average Bonchev–Trinajstić information content (AvgIpc) is 2.78. The summed E-state index contributed by atoms with van der Waals surface area (Å²) in [5, 5.41) is 2.86. The van der Waals surface area contributed by atoms with Crippen LogP contribution in [0.25, 0.3) is 0 Å². The fourth-order valence-electron chi connectivity index (χ4n) is 3.54. The monoisotopic (exact) mass is 552 g/mol. The van der Waals surface area contributed by atoms with Crippen LogP contribution in [0.5, 0.6) is 11.5 Å². The van der Waals surface area contributed by atoms with Crippen LogP contribution in [0.3, 0.4) is 0 Å². The molecule has 0 unspecified atom stereocenters. The molecule has 1 saturated heterocycles. The van der Waals surface area contributed by atoms with E-state index in [1.165, 1.54) is 5.56 Å². The maximum absolute atomic E-state index is 12.4. The van der Waals surface area contributed by atoms with Gasteiger partial charge in [-0.25, -0.2) is 0 Å². The molecule has 1 aliphatic heterocycles. The van der Waals surface area contributed by atoms with Crippen LogP contribution in [0.1, 0.15) is 37.8 Å². The Kier molecular flexibility index (Phi) is 8.54. The van der Waals surface area contributed by atoms with E-state index >= 15 is 0 Å². The molecule has 2 aromatic carbocycles. The molecule has 2 aromatic rings. The molecule has 5 nitrogen and oxygen atoms in total. The van der Waals surface area contributed by atoms with E-state index in [4.69, 9.17) is 21.7 Å². The number of nitrogens with one attached hydrogen (secondary N) is 1. The fourth-order valence-corrected chi connectivity index (χ4v) is 4.59. The van der Waals surface area contributed by atoms with Crippen molar-refractivity contribution in [2.24, 2.45) is 5.92 Å². The summed E-state index contributed by atoms with van der Waals surface area (Å²) < 4.78 is 12.2. The molecule has 3 rings (SSSR count). The number of aryl methyl sites for hydroxylation is 1. The highest BCUT2D eigenvalue weighted by atomic mass is 127. The van der Waals surface area contributed by atoms with Crippen molar-refractivity contribution in [3.05, 3.63) is 51.1 Å². The minimum atomic E-state index is -0.218. The normalized spacial score (nSPS) is 14.3. The predicted molar refractivity (Wildman–Crippen MR) is 137 cm³/mol. The molecule has 0 spiro atoms. The Morgan fingerprint density at radius 3 is 2.52 bits per heavy atom. The molecule has 0 atom stereocenters. The lowest BCUT2D eigenvalue weighted by molar-refractivity contribution is -0.118. The minimum absolute atomic E-state index is 0.101. The van der Waals surface area contributed by atoms with Gasteiger partial charge in [0.25, 0.3) is 5.91 Å². The number of hydrogen-bond acceptors (Lipinski definition) is 4. The van der Waals surface area contributed by atoms with Crippen molar-refractivity contribution < 1.29 is 14.3 Å². The molecule has 0 bridgehead atoms. The maximum Gasteiger partial charge on any atom is 0.262 e. The van der Waals surface area contributed by atoms with Gasteiger partial charge in [-0.3, -0.25) is 4.79 Å². The topological polar surface area (TPSA) is 50.8 Å². The van der Waals surface area contributed by atoms with Crippen molar-refractivity contribution in [1.82, 2.24) is 4.90 Å². The molecule has 0 saturated carbocycles. The number of halogens is 1. The maximum atomic E-state index is 12.4. The molecule has 0 radical (unpaired) electrons. The summed E-state index contributed by atoms with van der Waals surface area (Å²) in [7, 11) is 1.60. The van der Waals surface area contributed by atoms with Crippen LogP contribution in [-0.4, -0.2) is 42.6 Å². The summed E-state index contributed by atoms with van der Waals surface area (Å²) in [6, 6.07) is 11.7. The smallest absolute Gasteiger partial charge is 0.262 e. The van der Waals surface area contributed by atoms with Gasteiger partial charge in [0.1, 0.15) is 4.99 Å². The molecule has 0 aromatic heterocycles. The van der Waals surface area contributed by atoms with Crippen molar-refractivity contribution in [2.45, 2.75) is 33.1 Å². The van der Waals surface area contributed by atoms with Crippen molar-refractivity contribution in [1.29, 1.82) is 0 Å². The highest BCUT2D eigenvalue weighted by Crippen LogP contribution is 2.35. The third-order valence-corrected chi connectivity index (χ3v) is 6.84. The predicted octanol–water partition coefficient (Wildman–Crippen LogP) is 5.29. The molecule has 1 fully saturated rings. The Hall–Kier alpha value is -1.87. The van der Waals surface area contributed by atoms with Crippen LogP contribution in [0, 0.1) is 9.49 Å². The first-order valence-corrected chi connectivity index (χ1v) is 12.1. The van der Waals surface area contributed by atoms with E-state index in [0.717, 1.165) is 58.1 Å². The summed E-state index contributed by atoms with van der Waals surface area (Å²) in [5.74, 6) is 1.66. The SMILES string of the molecule is CCc1ccc(NC(=O)COc2c(I)cc(C(=S)N3CCC(C)CC3)cc2OC)cc1. The molecule has 7 heteroatoms. The zero-order valence-corrected chi connectivity index (χ0v) is 21.2. The van der Waals surface area contributed by atoms with Gasteiger partial charge in [-0.1, -0.05) is 38.2 Å². The fraction of sp³-hybridized carbons (Fsp3) is 0.417. The summed E-state index contributed by atoms with van der Waals surface area (Å²) in [4.78, 5) is 15.5. The van der Waals surface area contributed by atoms with Gasteiger partial charge in [0.05, 0.1) is 10.7 Å². The van der Waals surface area contributed by atoms with E-state index in [9.17, 15) is 4.79 Å². The Bertz CT molecular complexity index is 925. The number of carbonyl (C=O) groups excluding carboxylic acids is 1. The Morgan fingerprint density at radius 1 is 1.23 bits per heavy atom. The minimum Gasteiger partial charge on any atom is -0.493 e. The molecular weight excluding hydrogens is 523 g/mol. The molecular formula is C24H29IN2O3S.